The van der Waals surface area contributed by atoms with Crippen LogP contribution in [0.25, 0.3) is 0 Å². The number of halogens is 5. The summed E-state index contributed by atoms with van der Waals surface area (Å²) >= 11 is 5.78. The normalized spacial score (nSPS) is 25.5. The first kappa shape index (κ1) is 29.1. The molecular weight excluding hydrogens is 600 g/mol. The fraction of sp³-hybridized carbons (Fsp3) is 0.391. The van der Waals surface area contributed by atoms with Crippen LogP contribution in [0.3, 0.4) is 0 Å². The van der Waals surface area contributed by atoms with Crippen molar-refractivity contribution in [3.63, 3.8) is 0 Å². The van der Waals surface area contributed by atoms with Crippen molar-refractivity contribution in [1.29, 1.82) is 0 Å². The van der Waals surface area contributed by atoms with Crippen molar-refractivity contribution in [2.45, 2.75) is 37.1 Å². The lowest BCUT2D eigenvalue weighted by Gasteiger charge is -2.22. The summed E-state index contributed by atoms with van der Waals surface area (Å²) in [7, 11) is -4.25. The molecule has 0 saturated heterocycles. The van der Waals surface area contributed by atoms with E-state index in [4.69, 9.17) is 16.7 Å². The molecule has 0 aliphatic heterocycles. The van der Waals surface area contributed by atoms with E-state index >= 15 is 4.39 Å². The molecule has 2 aliphatic rings. The van der Waals surface area contributed by atoms with E-state index in [0.717, 1.165) is 12.4 Å². The number of benzene rings is 1. The van der Waals surface area contributed by atoms with E-state index < -0.39 is 64.5 Å². The number of anilines is 1. The maximum Gasteiger partial charge on any atom is 0.573 e. The lowest BCUT2D eigenvalue weighted by Crippen LogP contribution is -2.37. The van der Waals surface area contributed by atoms with Crippen LogP contribution < -0.4 is 15.2 Å². The fourth-order valence-electron chi connectivity index (χ4n) is 5.04. The largest absolute Gasteiger partial charge is 0.573 e. The average molecular weight is 621 g/mol. The van der Waals surface area contributed by atoms with Crippen molar-refractivity contribution in [2.75, 3.05) is 11.9 Å². The number of nitrogens with one attached hydrogen (secondary N) is 1. The standard InChI is InChI=1S/C23H21ClF4N6O6S/c24-15-2-1-11(5-17(15)40-23(26,27)28)8-34-4-3-16(33-34)18(35)13-7-30-10-31-21(13)32-19-14-6-12(9-39-41(29,37)38)20(36)22(14,19)25/h1-5,7,10,12,14,19-20,36H,6,8-9H2,(H2,29,37,38)(H,30,31,32)/t12-,14+,19?,20-,22+/m1/s1. The van der Waals surface area contributed by atoms with Crippen LogP contribution >= 0.6 is 11.6 Å². The Bertz CT molecular complexity index is 1590. The maximum atomic E-state index is 15.5. The van der Waals surface area contributed by atoms with E-state index in [1.54, 1.807) is 0 Å². The van der Waals surface area contributed by atoms with Gasteiger partial charge in [-0.25, -0.2) is 19.5 Å². The molecule has 0 spiro atoms. The van der Waals surface area contributed by atoms with Gasteiger partial charge in [0, 0.05) is 24.2 Å². The van der Waals surface area contributed by atoms with Crippen LogP contribution in [0.1, 0.15) is 28.0 Å². The van der Waals surface area contributed by atoms with E-state index in [1.165, 1.54) is 35.3 Å². The summed E-state index contributed by atoms with van der Waals surface area (Å²) < 4.78 is 85.2. The number of alkyl halides is 4. The van der Waals surface area contributed by atoms with Gasteiger partial charge in [0.1, 0.15) is 23.6 Å². The summed E-state index contributed by atoms with van der Waals surface area (Å²) in [6.45, 7) is -0.487. The Kier molecular flexibility index (Phi) is 7.44. The number of carbonyl (C=O) groups excluding carboxylic acids is 1. The van der Waals surface area contributed by atoms with Crippen LogP contribution in [-0.2, 0) is 21.0 Å². The molecule has 0 bridgehead atoms. The zero-order valence-electron chi connectivity index (χ0n) is 20.6. The molecule has 5 atom stereocenters. The van der Waals surface area contributed by atoms with Crippen LogP contribution in [0.4, 0.5) is 23.4 Å². The molecular formula is C23H21ClF4N6O6S. The molecule has 1 unspecified atom stereocenters. The van der Waals surface area contributed by atoms with Crippen molar-refractivity contribution in [2.24, 2.45) is 17.0 Å². The SMILES string of the molecule is NS(=O)(=O)OC[C@H]1C[C@H]2C(Nc3ncncc3C(=O)c3ccn(Cc4ccc(Cl)c(OC(F)(F)F)c4)n3)[C@]2(F)[C@@H]1O. The quantitative estimate of drug-likeness (QED) is 0.225. The monoisotopic (exact) mass is 620 g/mol. The Balaban J connectivity index is 1.27. The molecule has 1 aromatic carbocycles. The van der Waals surface area contributed by atoms with Gasteiger partial charge >= 0.3 is 16.7 Å². The number of nitrogens with two attached hydrogens (primary N) is 1. The van der Waals surface area contributed by atoms with Gasteiger partial charge in [0.25, 0.3) is 0 Å². The lowest BCUT2D eigenvalue weighted by molar-refractivity contribution is -0.274. The molecule has 4 N–H and O–H groups in total. The molecule has 41 heavy (non-hydrogen) atoms. The molecule has 3 aromatic rings. The zero-order chi connectivity index (χ0) is 29.7. The van der Waals surface area contributed by atoms with Gasteiger partial charge in [0.05, 0.1) is 35.9 Å². The summed E-state index contributed by atoms with van der Waals surface area (Å²) in [5.41, 5.74) is -1.83. The lowest BCUT2D eigenvalue weighted by atomic mass is 10.00. The molecule has 0 amide bonds. The van der Waals surface area contributed by atoms with E-state index in [2.05, 4.69) is 29.3 Å². The van der Waals surface area contributed by atoms with E-state index in [1.807, 2.05) is 0 Å². The number of aliphatic hydroxyl groups is 1. The Hall–Kier alpha value is -3.38. The predicted octanol–water partition coefficient (Wildman–Crippen LogP) is 2.22. The summed E-state index contributed by atoms with van der Waals surface area (Å²) in [5.74, 6) is -2.71. The highest BCUT2D eigenvalue weighted by molar-refractivity contribution is 7.84. The summed E-state index contributed by atoms with van der Waals surface area (Å²) in [4.78, 5) is 21.1. The summed E-state index contributed by atoms with van der Waals surface area (Å²) in [6, 6.07) is 4.28. The van der Waals surface area contributed by atoms with Gasteiger partial charge in [-0.1, -0.05) is 17.7 Å². The van der Waals surface area contributed by atoms with E-state index in [-0.39, 0.29) is 35.1 Å². The van der Waals surface area contributed by atoms with Crippen molar-refractivity contribution in [1.82, 2.24) is 19.7 Å². The summed E-state index contributed by atoms with van der Waals surface area (Å²) in [6.07, 6.45) is -2.59. The van der Waals surface area contributed by atoms with Crippen LogP contribution in [0, 0.1) is 11.8 Å². The second-order valence-electron chi connectivity index (χ2n) is 9.60. The molecule has 2 aromatic heterocycles. The highest BCUT2D eigenvalue weighted by Crippen LogP contribution is 2.62. The van der Waals surface area contributed by atoms with Gasteiger partial charge in [-0.3, -0.25) is 13.7 Å². The van der Waals surface area contributed by atoms with Gasteiger partial charge in [0.15, 0.2) is 5.67 Å². The number of nitrogens with zero attached hydrogens (tertiary/aromatic N) is 4. The molecule has 2 fully saturated rings. The number of aromatic nitrogens is 4. The third-order valence-electron chi connectivity index (χ3n) is 6.93. The van der Waals surface area contributed by atoms with Gasteiger partial charge < -0.3 is 15.2 Å². The van der Waals surface area contributed by atoms with Crippen molar-refractivity contribution >= 4 is 33.5 Å². The Morgan fingerprint density at radius 1 is 1.32 bits per heavy atom. The van der Waals surface area contributed by atoms with Gasteiger partial charge in [-0.2, -0.15) is 13.5 Å². The number of fused-ring (bicyclic) bond motifs is 1. The van der Waals surface area contributed by atoms with Crippen LogP contribution in [-0.4, -0.2) is 69.8 Å². The van der Waals surface area contributed by atoms with Crippen LogP contribution in [0.15, 0.2) is 43.0 Å². The number of aliphatic hydroxyl groups excluding tert-OH is 1. The average Bonchev–Trinajstić information content (AvgIpc) is 3.16. The minimum absolute atomic E-state index is 0.00727. The molecule has 0 radical (unpaired) electrons. The van der Waals surface area contributed by atoms with E-state index in [0.29, 0.717) is 5.56 Å². The van der Waals surface area contributed by atoms with Gasteiger partial charge in [-0.15, -0.1) is 13.2 Å². The predicted molar refractivity (Wildman–Crippen MR) is 133 cm³/mol. The van der Waals surface area contributed by atoms with E-state index in [9.17, 15) is 31.5 Å². The maximum absolute atomic E-state index is 15.5. The van der Waals surface area contributed by atoms with Crippen molar-refractivity contribution < 1.29 is 44.8 Å². The first-order chi connectivity index (χ1) is 19.2. The summed E-state index contributed by atoms with van der Waals surface area (Å²) in [5, 5.41) is 22.0. The topological polar surface area (TPSA) is 172 Å². The van der Waals surface area contributed by atoms with Crippen LogP contribution in [0.5, 0.6) is 5.75 Å². The first-order valence-electron chi connectivity index (χ1n) is 11.9. The number of rotatable bonds is 10. The number of hydrogen-bond acceptors (Lipinski definition) is 10. The third kappa shape index (κ3) is 6.13. The number of carbonyl (C=O) groups is 1. The van der Waals surface area contributed by atoms with Crippen molar-refractivity contribution in [3.8, 4) is 5.75 Å². The first-order valence-corrected chi connectivity index (χ1v) is 13.7. The highest BCUT2D eigenvalue weighted by atomic mass is 35.5. The molecule has 12 nitrogen and oxygen atoms in total. The second-order valence-corrected chi connectivity index (χ2v) is 11.2. The van der Waals surface area contributed by atoms with Gasteiger partial charge in [-0.05, 0) is 30.2 Å². The van der Waals surface area contributed by atoms with Gasteiger partial charge in [0.2, 0.25) is 5.78 Å². The van der Waals surface area contributed by atoms with Crippen LogP contribution in [0.2, 0.25) is 5.02 Å². The molecule has 220 valence electrons. The molecule has 18 heteroatoms. The number of hydrogen-bond donors (Lipinski definition) is 3. The second kappa shape index (κ2) is 10.5. The highest BCUT2D eigenvalue weighted by Gasteiger charge is 2.76. The Morgan fingerprint density at radius 2 is 2.07 bits per heavy atom. The molecule has 2 saturated carbocycles. The smallest absolute Gasteiger partial charge is 0.404 e. The van der Waals surface area contributed by atoms with Crippen molar-refractivity contribution in [3.05, 3.63) is 64.8 Å². The Morgan fingerprint density at radius 3 is 2.73 bits per heavy atom. The number of ether oxygens (including phenoxy) is 1. The minimum Gasteiger partial charge on any atom is -0.404 e. The number of ketones is 1. The Labute approximate surface area is 234 Å². The third-order valence-corrected chi connectivity index (χ3v) is 7.71. The zero-order valence-corrected chi connectivity index (χ0v) is 22.2. The minimum atomic E-state index is -4.93. The fourth-order valence-corrected chi connectivity index (χ4v) is 5.56. The molecule has 5 rings (SSSR count). The molecule has 2 heterocycles. The molecule has 2 aliphatic carbocycles.